The van der Waals surface area contributed by atoms with Crippen molar-refractivity contribution in [1.82, 2.24) is 9.21 Å². The van der Waals surface area contributed by atoms with Crippen molar-refractivity contribution in [2.75, 3.05) is 26.4 Å². The number of hydrogen-bond donors (Lipinski definition) is 0. The summed E-state index contributed by atoms with van der Waals surface area (Å²) in [6.45, 7) is 10.9. The molecule has 1 amide bonds. The number of rotatable bonds is 5. The first-order chi connectivity index (χ1) is 11.1. The molecule has 6 heteroatoms. The number of alkyl halides is 1. The quantitative estimate of drug-likeness (QED) is 0.708. The zero-order chi connectivity index (χ0) is 16.8. The SMILES string of the molecule is C=C(CF)SN1CCC(N2C(=O)OCC(=C)/C2=C\C=C/C)CC1. The van der Waals surface area contributed by atoms with Crippen LogP contribution in [0.3, 0.4) is 0 Å². The van der Waals surface area contributed by atoms with Crippen LogP contribution in [0.15, 0.2) is 47.6 Å². The molecule has 0 radical (unpaired) electrons. The minimum atomic E-state index is -0.515. The smallest absolute Gasteiger partial charge is 0.414 e. The van der Waals surface area contributed by atoms with E-state index >= 15 is 0 Å². The Balaban J connectivity index is 2.05. The third-order valence-corrected chi connectivity index (χ3v) is 4.82. The lowest BCUT2D eigenvalue weighted by atomic mass is 10.0. The van der Waals surface area contributed by atoms with E-state index in [2.05, 4.69) is 17.5 Å². The van der Waals surface area contributed by atoms with Gasteiger partial charge in [-0.1, -0.05) is 25.3 Å². The molecule has 2 rings (SSSR count). The highest BCUT2D eigenvalue weighted by Gasteiger charge is 2.35. The molecule has 2 aliphatic rings. The second kappa shape index (κ2) is 8.36. The fourth-order valence-corrected chi connectivity index (χ4v) is 3.50. The van der Waals surface area contributed by atoms with Gasteiger partial charge in [0.2, 0.25) is 0 Å². The Morgan fingerprint density at radius 2 is 2.17 bits per heavy atom. The lowest BCUT2D eigenvalue weighted by Crippen LogP contribution is -2.48. The molecule has 0 aromatic heterocycles. The van der Waals surface area contributed by atoms with E-state index < -0.39 is 6.67 Å². The van der Waals surface area contributed by atoms with E-state index in [4.69, 9.17) is 4.74 Å². The van der Waals surface area contributed by atoms with Gasteiger partial charge in [-0.2, -0.15) is 0 Å². The van der Waals surface area contributed by atoms with Crippen molar-refractivity contribution in [1.29, 1.82) is 0 Å². The van der Waals surface area contributed by atoms with Gasteiger partial charge in [0.05, 0.1) is 5.70 Å². The number of halogens is 1. The van der Waals surface area contributed by atoms with Crippen LogP contribution >= 0.6 is 11.9 Å². The maximum atomic E-state index is 12.5. The van der Waals surface area contributed by atoms with Crippen LogP contribution in [0.1, 0.15) is 19.8 Å². The molecular weight excluding hydrogens is 315 g/mol. The zero-order valence-electron chi connectivity index (χ0n) is 13.5. The summed E-state index contributed by atoms with van der Waals surface area (Å²) in [6, 6.07) is 0.0755. The third kappa shape index (κ3) is 4.48. The van der Waals surface area contributed by atoms with Crippen LogP contribution in [0, 0.1) is 0 Å². The number of piperidine rings is 1. The molecule has 0 bridgehead atoms. The molecule has 0 spiro atoms. The molecule has 0 aromatic carbocycles. The Bertz CT molecular complexity index is 537. The highest BCUT2D eigenvalue weighted by atomic mass is 32.2. The van der Waals surface area contributed by atoms with E-state index in [1.54, 1.807) is 4.90 Å². The summed E-state index contributed by atoms with van der Waals surface area (Å²) in [6.07, 6.45) is 7.04. The lowest BCUT2D eigenvalue weighted by molar-refractivity contribution is 0.0828. The van der Waals surface area contributed by atoms with Crippen molar-refractivity contribution in [3.05, 3.63) is 47.6 Å². The summed E-state index contributed by atoms with van der Waals surface area (Å²) in [5, 5.41) is 0. The van der Waals surface area contributed by atoms with Gasteiger partial charge in [0.1, 0.15) is 13.3 Å². The molecule has 4 nitrogen and oxygen atoms in total. The van der Waals surface area contributed by atoms with Gasteiger partial charge in [-0.3, -0.25) is 4.90 Å². The molecular formula is C17H23FN2O2S. The highest BCUT2D eigenvalue weighted by Crippen LogP contribution is 2.31. The van der Waals surface area contributed by atoms with Crippen molar-refractivity contribution in [2.45, 2.75) is 25.8 Å². The molecule has 126 valence electrons. The van der Waals surface area contributed by atoms with Crippen molar-refractivity contribution in [3.63, 3.8) is 0 Å². The molecule has 0 atom stereocenters. The van der Waals surface area contributed by atoms with Crippen LogP contribution in [0.5, 0.6) is 0 Å². The normalized spacial score (nSPS) is 22.9. The van der Waals surface area contributed by atoms with Gasteiger partial charge >= 0.3 is 6.09 Å². The summed E-state index contributed by atoms with van der Waals surface area (Å²) < 4.78 is 19.8. The van der Waals surface area contributed by atoms with Crippen LogP contribution in [0.25, 0.3) is 0 Å². The Labute approximate surface area is 141 Å². The lowest BCUT2D eigenvalue weighted by Gasteiger charge is -2.40. The number of cyclic esters (lactones) is 1. The highest BCUT2D eigenvalue weighted by molar-refractivity contribution is 8.00. The van der Waals surface area contributed by atoms with E-state index in [0.717, 1.165) is 37.2 Å². The number of ether oxygens (including phenoxy) is 1. The number of amides is 1. The van der Waals surface area contributed by atoms with Crippen LogP contribution in [-0.4, -0.2) is 47.7 Å². The Kier molecular flexibility index (Phi) is 6.47. The summed E-state index contributed by atoms with van der Waals surface area (Å²) >= 11 is 1.37. The first-order valence-electron chi connectivity index (χ1n) is 7.70. The van der Waals surface area contributed by atoms with Crippen LogP contribution in [0.4, 0.5) is 9.18 Å². The monoisotopic (exact) mass is 338 g/mol. The fraction of sp³-hybridized carbons (Fsp3) is 0.471. The van der Waals surface area contributed by atoms with Gasteiger partial charge in [0.15, 0.2) is 0 Å². The molecule has 2 aliphatic heterocycles. The van der Waals surface area contributed by atoms with E-state index in [9.17, 15) is 9.18 Å². The van der Waals surface area contributed by atoms with Crippen LogP contribution < -0.4 is 0 Å². The van der Waals surface area contributed by atoms with Gasteiger partial charge in [-0.15, -0.1) is 0 Å². The largest absolute Gasteiger partial charge is 0.444 e. The van der Waals surface area contributed by atoms with Crippen molar-refractivity contribution in [3.8, 4) is 0 Å². The molecule has 0 aromatic rings. The molecule has 2 fully saturated rings. The number of allylic oxidation sites excluding steroid dienone is 4. The second-order valence-corrected chi connectivity index (χ2v) is 6.81. The predicted octanol–water partition coefficient (Wildman–Crippen LogP) is 4.05. The second-order valence-electron chi connectivity index (χ2n) is 5.53. The van der Waals surface area contributed by atoms with E-state index in [0.29, 0.717) is 4.91 Å². The third-order valence-electron chi connectivity index (χ3n) is 3.83. The minimum Gasteiger partial charge on any atom is -0.444 e. The predicted molar refractivity (Wildman–Crippen MR) is 92.5 cm³/mol. The molecule has 2 heterocycles. The Morgan fingerprint density at radius 3 is 2.78 bits per heavy atom. The standard InChI is InChI=1S/C17H23FN2O2S/c1-4-5-6-16-13(2)12-22-17(21)20(16)15-7-9-19(10-8-15)23-14(3)11-18/h4-6,15H,2-3,7-12H2,1H3/b5-4-,16-6+. The van der Waals surface area contributed by atoms with Gasteiger partial charge in [-0.25, -0.2) is 13.5 Å². The average molecular weight is 338 g/mol. The van der Waals surface area contributed by atoms with Gasteiger partial charge in [-0.05, 0) is 37.8 Å². The molecule has 23 heavy (non-hydrogen) atoms. The van der Waals surface area contributed by atoms with Crippen LogP contribution in [-0.2, 0) is 4.74 Å². The van der Waals surface area contributed by atoms with Gasteiger partial charge in [0.25, 0.3) is 0 Å². The maximum Gasteiger partial charge on any atom is 0.414 e. The average Bonchev–Trinajstić information content (AvgIpc) is 2.56. The van der Waals surface area contributed by atoms with Gasteiger partial charge in [0, 0.05) is 29.6 Å². The Hall–Kier alpha value is -1.53. The van der Waals surface area contributed by atoms with Crippen molar-refractivity contribution < 1.29 is 13.9 Å². The molecule has 0 saturated carbocycles. The molecule has 0 aliphatic carbocycles. The van der Waals surface area contributed by atoms with Crippen molar-refractivity contribution >= 4 is 18.0 Å². The first kappa shape index (κ1) is 17.8. The molecule has 0 unspecified atom stereocenters. The first-order valence-corrected chi connectivity index (χ1v) is 8.48. The summed E-state index contributed by atoms with van der Waals surface area (Å²) in [7, 11) is 0. The van der Waals surface area contributed by atoms with E-state index in [1.165, 1.54) is 11.9 Å². The van der Waals surface area contributed by atoms with E-state index in [1.807, 2.05) is 25.2 Å². The van der Waals surface area contributed by atoms with Crippen molar-refractivity contribution in [2.24, 2.45) is 0 Å². The number of nitrogens with zero attached hydrogens (tertiary/aromatic N) is 2. The molecule has 2 saturated heterocycles. The summed E-state index contributed by atoms with van der Waals surface area (Å²) in [4.78, 5) is 14.5. The maximum absolute atomic E-state index is 12.5. The van der Waals surface area contributed by atoms with Crippen LogP contribution in [0.2, 0.25) is 0 Å². The Morgan fingerprint density at radius 1 is 1.48 bits per heavy atom. The number of carbonyl (C=O) groups is 1. The number of hydrogen-bond acceptors (Lipinski definition) is 4. The molecule has 0 N–H and O–H groups in total. The zero-order valence-corrected chi connectivity index (χ0v) is 14.3. The fourth-order valence-electron chi connectivity index (χ4n) is 2.69. The van der Waals surface area contributed by atoms with E-state index in [-0.39, 0.29) is 18.7 Å². The number of carbonyl (C=O) groups excluding carboxylic acids is 1. The van der Waals surface area contributed by atoms with Gasteiger partial charge < -0.3 is 4.74 Å². The topological polar surface area (TPSA) is 32.8 Å². The minimum absolute atomic E-state index is 0.0755. The summed E-state index contributed by atoms with van der Waals surface area (Å²) in [5.74, 6) is 0. The summed E-state index contributed by atoms with van der Waals surface area (Å²) in [5.41, 5.74) is 1.64.